The molecule has 2 bridgehead atoms. The van der Waals surface area contributed by atoms with Crippen LogP contribution in [0.25, 0.3) is 10.9 Å². The number of fused-ring (bicyclic) bond motifs is 3. The summed E-state index contributed by atoms with van der Waals surface area (Å²) in [6.45, 7) is 0. The minimum absolute atomic E-state index is 0.121. The zero-order chi connectivity index (χ0) is 12.8. The molecule has 3 N–H and O–H groups in total. The third kappa shape index (κ3) is 1.81. The van der Waals surface area contributed by atoms with Crippen LogP contribution in [-0.2, 0) is 4.79 Å². The van der Waals surface area contributed by atoms with Gasteiger partial charge < -0.3 is 10.6 Å². The highest BCUT2D eigenvalue weighted by molar-refractivity contribution is 5.95. The molecule has 0 saturated carbocycles. The van der Waals surface area contributed by atoms with Crippen molar-refractivity contribution in [2.45, 2.75) is 31.3 Å². The number of nitrogens with one attached hydrogen (secondary N) is 3. The standard InChI is InChI=1S/C14H16N4O/c19-14(11-5-9-3-4-12(11)16-9)17-10-2-1-8-7-15-18-13(8)6-10/h1-2,6-7,9,11-12,16H,3-5H2,(H,15,18)(H,17,19). The summed E-state index contributed by atoms with van der Waals surface area (Å²) in [6.07, 6.45) is 5.10. The van der Waals surface area contributed by atoms with Gasteiger partial charge in [0.15, 0.2) is 0 Å². The first-order chi connectivity index (χ1) is 9.29. The molecule has 2 aliphatic heterocycles. The number of anilines is 1. The molecule has 4 rings (SSSR count). The minimum Gasteiger partial charge on any atom is -0.326 e. The topological polar surface area (TPSA) is 69.8 Å². The van der Waals surface area contributed by atoms with Crippen LogP contribution in [0, 0.1) is 5.92 Å². The molecule has 2 aliphatic rings. The third-order valence-corrected chi connectivity index (χ3v) is 4.35. The minimum atomic E-state index is 0.121. The second-order valence-electron chi connectivity index (χ2n) is 5.55. The number of carbonyl (C=O) groups excluding carboxylic acids is 1. The van der Waals surface area contributed by atoms with Crippen LogP contribution >= 0.6 is 0 Å². The number of benzene rings is 1. The molecule has 0 aliphatic carbocycles. The molecule has 98 valence electrons. The molecule has 5 nitrogen and oxygen atoms in total. The van der Waals surface area contributed by atoms with Gasteiger partial charge >= 0.3 is 0 Å². The predicted octanol–water partition coefficient (Wildman–Crippen LogP) is 1.64. The van der Waals surface area contributed by atoms with Crippen LogP contribution in [0.4, 0.5) is 5.69 Å². The smallest absolute Gasteiger partial charge is 0.229 e. The number of rotatable bonds is 2. The van der Waals surface area contributed by atoms with E-state index in [0.29, 0.717) is 12.1 Å². The van der Waals surface area contributed by atoms with Crippen molar-refractivity contribution in [2.75, 3.05) is 5.32 Å². The lowest BCUT2D eigenvalue weighted by atomic mass is 9.88. The maximum absolute atomic E-state index is 12.3. The van der Waals surface area contributed by atoms with Crippen LogP contribution in [0.3, 0.4) is 0 Å². The van der Waals surface area contributed by atoms with Gasteiger partial charge in [-0.15, -0.1) is 0 Å². The largest absolute Gasteiger partial charge is 0.326 e. The van der Waals surface area contributed by atoms with Gasteiger partial charge in [0.2, 0.25) is 5.91 Å². The fourth-order valence-electron chi connectivity index (χ4n) is 3.36. The summed E-state index contributed by atoms with van der Waals surface area (Å²) in [5, 5.41) is 14.5. The molecule has 1 aromatic carbocycles. The fourth-order valence-corrected chi connectivity index (χ4v) is 3.36. The summed E-state index contributed by atoms with van der Waals surface area (Å²) in [5.41, 5.74) is 1.79. The second-order valence-corrected chi connectivity index (χ2v) is 5.55. The monoisotopic (exact) mass is 256 g/mol. The van der Waals surface area contributed by atoms with Gasteiger partial charge in [-0.1, -0.05) is 0 Å². The number of hydrogen-bond donors (Lipinski definition) is 3. The van der Waals surface area contributed by atoms with E-state index in [4.69, 9.17) is 0 Å². The van der Waals surface area contributed by atoms with Crippen molar-refractivity contribution in [1.29, 1.82) is 0 Å². The molecule has 0 radical (unpaired) electrons. The number of aromatic amines is 1. The quantitative estimate of drug-likeness (QED) is 0.765. The van der Waals surface area contributed by atoms with Gasteiger partial charge in [-0.3, -0.25) is 9.89 Å². The molecule has 2 aromatic rings. The van der Waals surface area contributed by atoms with E-state index in [9.17, 15) is 4.79 Å². The molecule has 2 saturated heterocycles. The molecule has 3 heterocycles. The molecule has 2 fully saturated rings. The Bertz CT molecular complexity index is 635. The molecule has 0 spiro atoms. The first kappa shape index (κ1) is 11.0. The summed E-state index contributed by atoms with van der Waals surface area (Å²) in [4.78, 5) is 12.3. The van der Waals surface area contributed by atoms with Gasteiger partial charge in [-0.25, -0.2) is 0 Å². The lowest BCUT2D eigenvalue weighted by molar-refractivity contribution is -0.120. The van der Waals surface area contributed by atoms with Gasteiger partial charge in [0, 0.05) is 23.2 Å². The van der Waals surface area contributed by atoms with Gasteiger partial charge in [0.05, 0.1) is 17.6 Å². The molecule has 3 unspecified atom stereocenters. The maximum Gasteiger partial charge on any atom is 0.229 e. The van der Waals surface area contributed by atoms with Crippen LogP contribution in [0.2, 0.25) is 0 Å². The summed E-state index contributed by atoms with van der Waals surface area (Å²) in [5.74, 6) is 0.259. The Morgan fingerprint density at radius 1 is 1.37 bits per heavy atom. The Hall–Kier alpha value is -1.88. The summed E-state index contributed by atoms with van der Waals surface area (Å²) >= 11 is 0. The van der Waals surface area contributed by atoms with Crippen molar-refractivity contribution in [3.63, 3.8) is 0 Å². The van der Waals surface area contributed by atoms with E-state index in [0.717, 1.165) is 29.4 Å². The van der Waals surface area contributed by atoms with Crippen LogP contribution in [0.5, 0.6) is 0 Å². The average molecular weight is 256 g/mol. The fraction of sp³-hybridized carbons (Fsp3) is 0.429. The van der Waals surface area contributed by atoms with E-state index in [2.05, 4.69) is 20.8 Å². The number of carbonyl (C=O) groups is 1. The Balaban J connectivity index is 1.52. The molecule has 3 atom stereocenters. The molecule has 5 heteroatoms. The Morgan fingerprint density at radius 3 is 3.11 bits per heavy atom. The Morgan fingerprint density at radius 2 is 2.32 bits per heavy atom. The van der Waals surface area contributed by atoms with Crippen LogP contribution in [-0.4, -0.2) is 28.2 Å². The van der Waals surface area contributed by atoms with Crippen LogP contribution in [0.15, 0.2) is 24.4 Å². The summed E-state index contributed by atoms with van der Waals surface area (Å²) in [6, 6.07) is 6.75. The highest BCUT2D eigenvalue weighted by atomic mass is 16.2. The van der Waals surface area contributed by atoms with E-state index < -0.39 is 0 Å². The van der Waals surface area contributed by atoms with E-state index in [1.54, 1.807) is 6.20 Å². The van der Waals surface area contributed by atoms with Crippen LogP contribution < -0.4 is 10.6 Å². The van der Waals surface area contributed by atoms with E-state index in [1.165, 1.54) is 6.42 Å². The van der Waals surface area contributed by atoms with Crippen molar-refractivity contribution in [3.05, 3.63) is 24.4 Å². The zero-order valence-corrected chi connectivity index (χ0v) is 10.5. The first-order valence-corrected chi connectivity index (χ1v) is 6.79. The lowest BCUT2D eigenvalue weighted by Crippen LogP contribution is -2.32. The number of nitrogens with zero attached hydrogens (tertiary/aromatic N) is 1. The van der Waals surface area contributed by atoms with E-state index >= 15 is 0 Å². The molecule has 19 heavy (non-hydrogen) atoms. The lowest BCUT2D eigenvalue weighted by Gasteiger charge is -2.19. The molecule has 1 amide bonds. The maximum atomic E-state index is 12.3. The predicted molar refractivity (Wildman–Crippen MR) is 72.8 cm³/mol. The Kier molecular flexibility index (Phi) is 2.35. The van der Waals surface area contributed by atoms with E-state index in [1.807, 2.05) is 18.2 Å². The molecular formula is C14H16N4O. The second kappa shape index (κ2) is 4.06. The zero-order valence-electron chi connectivity index (χ0n) is 10.5. The molecule has 1 aromatic heterocycles. The van der Waals surface area contributed by atoms with Crippen molar-refractivity contribution in [2.24, 2.45) is 5.92 Å². The number of hydrogen-bond acceptors (Lipinski definition) is 3. The van der Waals surface area contributed by atoms with Gasteiger partial charge in [-0.05, 0) is 37.5 Å². The van der Waals surface area contributed by atoms with Crippen molar-refractivity contribution in [1.82, 2.24) is 15.5 Å². The third-order valence-electron chi connectivity index (χ3n) is 4.35. The summed E-state index contributed by atoms with van der Waals surface area (Å²) in [7, 11) is 0. The van der Waals surface area contributed by atoms with Crippen molar-refractivity contribution >= 4 is 22.5 Å². The van der Waals surface area contributed by atoms with Crippen LogP contribution in [0.1, 0.15) is 19.3 Å². The highest BCUT2D eigenvalue weighted by Crippen LogP contribution is 2.34. The average Bonchev–Trinajstić information content (AvgIpc) is 3.13. The normalized spacial score (nSPS) is 28.9. The number of amides is 1. The van der Waals surface area contributed by atoms with Gasteiger partial charge in [0.1, 0.15) is 0 Å². The first-order valence-electron chi connectivity index (χ1n) is 6.79. The van der Waals surface area contributed by atoms with Crippen molar-refractivity contribution < 1.29 is 4.79 Å². The SMILES string of the molecule is O=C(Nc1ccc2cn[nH]c2c1)C1CC2CCC1N2. The van der Waals surface area contributed by atoms with Gasteiger partial charge in [0.25, 0.3) is 0 Å². The highest BCUT2D eigenvalue weighted by Gasteiger charge is 2.42. The van der Waals surface area contributed by atoms with E-state index in [-0.39, 0.29) is 11.8 Å². The Labute approximate surface area is 110 Å². The molecular weight excluding hydrogens is 240 g/mol. The number of H-pyrrole nitrogens is 1. The van der Waals surface area contributed by atoms with Crippen molar-refractivity contribution in [3.8, 4) is 0 Å². The number of aromatic nitrogens is 2. The summed E-state index contributed by atoms with van der Waals surface area (Å²) < 4.78 is 0. The van der Waals surface area contributed by atoms with Gasteiger partial charge in [-0.2, -0.15) is 5.10 Å².